The van der Waals surface area contributed by atoms with E-state index >= 15 is 0 Å². The fourth-order valence-electron chi connectivity index (χ4n) is 2.02. The van der Waals surface area contributed by atoms with E-state index in [2.05, 4.69) is 4.99 Å². The number of rotatable bonds is 2. The summed E-state index contributed by atoms with van der Waals surface area (Å²) in [5.41, 5.74) is 3.66. The quantitative estimate of drug-likeness (QED) is 0.740. The first-order chi connectivity index (χ1) is 7.30. The topological polar surface area (TPSA) is 30.8 Å². The van der Waals surface area contributed by atoms with Gasteiger partial charge in [0.1, 0.15) is 0 Å². The van der Waals surface area contributed by atoms with Crippen molar-refractivity contribution in [3.05, 3.63) is 23.3 Å². The molecule has 0 atom stereocenters. The summed E-state index contributed by atoms with van der Waals surface area (Å²) in [6.07, 6.45) is 2.06. The van der Waals surface area contributed by atoms with Gasteiger partial charge in [0.2, 0.25) is 0 Å². The molecule has 1 aliphatic carbocycles. The molecule has 1 aromatic carbocycles. The Kier molecular flexibility index (Phi) is 2.62. The maximum atomic E-state index is 5.27. The van der Waals surface area contributed by atoms with Gasteiger partial charge in [-0.3, -0.25) is 4.99 Å². The Bertz CT molecular complexity index is 410. The average Bonchev–Trinajstić information content (AvgIpc) is 2.68. The summed E-state index contributed by atoms with van der Waals surface area (Å²) in [5.74, 6) is 1.58. The number of methoxy groups -OCH3 is 2. The Morgan fingerprint density at radius 1 is 1.07 bits per heavy atom. The Labute approximate surface area is 89.7 Å². The minimum absolute atomic E-state index is 0.777. The summed E-state index contributed by atoms with van der Waals surface area (Å²) in [4.78, 5) is 4.28. The summed E-state index contributed by atoms with van der Waals surface area (Å²) in [7, 11) is 5.15. The van der Waals surface area contributed by atoms with E-state index < -0.39 is 0 Å². The Morgan fingerprint density at radius 3 is 2.33 bits per heavy atom. The lowest BCUT2D eigenvalue weighted by molar-refractivity contribution is 0.354. The summed E-state index contributed by atoms with van der Waals surface area (Å²) >= 11 is 0. The SMILES string of the molecule is C/N=C1\CCc2cc(OC)c(OC)cc21. The van der Waals surface area contributed by atoms with Gasteiger partial charge in [0.15, 0.2) is 11.5 Å². The molecule has 0 bridgehead atoms. The molecule has 0 radical (unpaired) electrons. The van der Waals surface area contributed by atoms with Crippen LogP contribution in [-0.4, -0.2) is 27.0 Å². The van der Waals surface area contributed by atoms with Gasteiger partial charge in [-0.1, -0.05) is 0 Å². The van der Waals surface area contributed by atoms with E-state index in [-0.39, 0.29) is 0 Å². The van der Waals surface area contributed by atoms with Crippen molar-refractivity contribution >= 4 is 5.71 Å². The van der Waals surface area contributed by atoms with Crippen molar-refractivity contribution in [2.24, 2.45) is 4.99 Å². The van der Waals surface area contributed by atoms with Crippen LogP contribution in [0.4, 0.5) is 0 Å². The summed E-state index contributed by atoms with van der Waals surface area (Å²) in [6.45, 7) is 0. The molecule has 0 aliphatic heterocycles. The third-order valence-electron chi connectivity index (χ3n) is 2.82. The molecule has 0 amide bonds. The second-order valence-corrected chi connectivity index (χ2v) is 3.53. The zero-order valence-electron chi connectivity index (χ0n) is 9.33. The van der Waals surface area contributed by atoms with Crippen molar-refractivity contribution in [2.75, 3.05) is 21.3 Å². The maximum absolute atomic E-state index is 5.27. The van der Waals surface area contributed by atoms with Gasteiger partial charge in [-0.25, -0.2) is 0 Å². The van der Waals surface area contributed by atoms with Gasteiger partial charge in [-0.2, -0.15) is 0 Å². The lowest BCUT2D eigenvalue weighted by Crippen LogP contribution is -1.97. The molecule has 80 valence electrons. The smallest absolute Gasteiger partial charge is 0.161 e. The molecule has 2 rings (SSSR count). The minimum Gasteiger partial charge on any atom is -0.493 e. The molecule has 0 saturated carbocycles. The van der Waals surface area contributed by atoms with Gasteiger partial charge in [-0.15, -0.1) is 0 Å². The number of hydrogen-bond donors (Lipinski definition) is 0. The van der Waals surface area contributed by atoms with Gasteiger partial charge in [0, 0.05) is 18.3 Å². The summed E-state index contributed by atoms with van der Waals surface area (Å²) in [6, 6.07) is 4.07. The molecule has 0 heterocycles. The van der Waals surface area contributed by atoms with Crippen LogP contribution in [0, 0.1) is 0 Å². The molecule has 0 spiro atoms. The Hall–Kier alpha value is -1.51. The zero-order valence-corrected chi connectivity index (χ0v) is 9.33. The van der Waals surface area contributed by atoms with Crippen LogP contribution < -0.4 is 9.47 Å². The van der Waals surface area contributed by atoms with Gasteiger partial charge >= 0.3 is 0 Å². The lowest BCUT2D eigenvalue weighted by atomic mass is 10.1. The first kappa shape index (κ1) is 10.0. The molecule has 0 saturated heterocycles. The number of benzene rings is 1. The van der Waals surface area contributed by atoms with Gasteiger partial charge in [0.25, 0.3) is 0 Å². The van der Waals surface area contributed by atoms with Crippen LogP contribution in [0.3, 0.4) is 0 Å². The molecular weight excluding hydrogens is 190 g/mol. The largest absolute Gasteiger partial charge is 0.493 e. The molecular formula is C12H15NO2. The predicted molar refractivity (Wildman–Crippen MR) is 60.3 cm³/mol. The highest BCUT2D eigenvalue weighted by atomic mass is 16.5. The van der Waals surface area contributed by atoms with Crippen LogP contribution in [0.15, 0.2) is 17.1 Å². The first-order valence-electron chi connectivity index (χ1n) is 5.01. The van der Waals surface area contributed by atoms with E-state index in [1.54, 1.807) is 14.2 Å². The van der Waals surface area contributed by atoms with Gasteiger partial charge < -0.3 is 9.47 Å². The molecule has 0 fully saturated rings. The molecule has 1 aromatic rings. The standard InChI is InChI=1S/C12H15NO2/c1-13-10-5-4-8-6-11(14-2)12(15-3)7-9(8)10/h6-7H,4-5H2,1-3H3/b13-10+. The third-order valence-corrected chi connectivity index (χ3v) is 2.82. The van der Waals surface area contributed by atoms with E-state index in [0.717, 1.165) is 30.1 Å². The monoisotopic (exact) mass is 205 g/mol. The number of aryl methyl sites for hydroxylation is 1. The van der Waals surface area contributed by atoms with Crippen LogP contribution in [0.5, 0.6) is 11.5 Å². The second-order valence-electron chi connectivity index (χ2n) is 3.53. The highest BCUT2D eigenvalue weighted by molar-refractivity contribution is 6.05. The van der Waals surface area contributed by atoms with Crippen LogP contribution in [0.2, 0.25) is 0 Å². The maximum Gasteiger partial charge on any atom is 0.161 e. The molecule has 0 aromatic heterocycles. The van der Waals surface area contributed by atoms with Crippen LogP contribution in [0.1, 0.15) is 17.5 Å². The Morgan fingerprint density at radius 2 is 1.73 bits per heavy atom. The average molecular weight is 205 g/mol. The van der Waals surface area contributed by atoms with E-state index in [0.29, 0.717) is 0 Å². The first-order valence-corrected chi connectivity index (χ1v) is 5.01. The van der Waals surface area contributed by atoms with Crippen LogP contribution in [0.25, 0.3) is 0 Å². The highest BCUT2D eigenvalue weighted by Crippen LogP contribution is 2.34. The van der Waals surface area contributed by atoms with E-state index in [1.807, 2.05) is 19.2 Å². The molecule has 0 unspecified atom stereocenters. The third kappa shape index (κ3) is 1.58. The van der Waals surface area contributed by atoms with Crippen molar-refractivity contribution in [3.63, 3.8) is 0 Å². The zero-order chi connectivity index (χ0) is 10.8. The molecule has 0 N–H and O–H groups in total. The molecule has 1 aliphatic rings. The Balaban J connectivity index is 2.54. The lowest BCUT2D eigenvalue weighted by Gasteiger charge is -2.10. The number of fused-ring (bicyclic) bond motifs is 1. The van der Waals surface area contributed by atoms with Crippen molar-refractivity contribution in [1.82, 2.24) is 0 Å². The minimum atomic E-state index is 0.777. The van der Waals surface area contributed by atoms with Crippen molar-refractivity contribution < 1.29 is 9.47 Å². The normalized spacial score (nSPS) is 16.6. The van der Waals surface area contributed by atoms with Crippen molar-refractivity contribution in [1.29, 1.82) is 0 Å². The van der Waals surface area contributed by atoms with Gasteiger partial charge in [0.05, 0.1) is 14.2 Å². The predicted octanol–water partition coefficient (Wildman–Crippen LogP) is 2.07. The fourth-order valence-corrected chi connectivity index (χ4v) is 2.02. The van der Waals surface area contributed by atoms with E-state index in [9.17, 15) is 0 Å². The molecule has 3 nitrogen and oxygen atoms in total. The van der Waals surface area contributed by atoms with Gasteiger partial charge in [-0.05, 0) is 30.5 Å². The van der Waals surface area contributed by atoms with Crippen molar-refractivity contribution in [3.8, 4) is 11.5 Å². The van der Waals surface area contributed by atoms with E-state index in [1.165, 1.54) is 11.1 Å². The number of hydrogen-bond acceptors (Lipinski definition) is 3. The highest BCUT2D eigenvalue weighted by Gasteiger charge is 2.20. The van der Waals surface area contributed by atoms with Crippen LogP contribution >= 0.6 is 0 Å². The summed E-state index contributed by atoms with van der Waals surface area (Å²) in [5, 5.41) is 0. The summed E-state index contributed by atoms with van der Waals surface area (Å²) < 4.78 is 10.5. The number of aliphatic imine (C=N–C) groups is 1. The number of ether oxygens (including phenoxy) is 2. The molecule has 3 heteroatoms. The molecule has 15 heavy (non-hydrogen) atoms. The fraction of sp³-hybridized carbons (Fsp3) is 0.417. The van der Waals surface area contributed by atoms with E-state index in [4.69, 9.17) is 9.47 Å². The number of nitrogens with zero attached hydrogens (tertiary/aromatic N) is 1. The second kappa shape index (κ2) is 3.93. The van der Waals surface area contributed by atoms with Crippen molar-refractivity contribution in [2.45, 2.75) is 12.8 Å². The van der Waals surface area contributed by atoms with Crippen LogP contribution in [-0.2, 0) is 6.42 Å².